The van der Waals surface area contributed by atoms with E-state index in [1.807, 2.05) is 11.4 Å². The minimum absolute atomic E-state index is 0.799. The van der Waals surface area contributed by atoms with Gasteiger partial charge in [-0.1, -0.05) is 11.6 Å². The maximum absolute atomic E-state index is 5.71. The largest absolute Gasteiger partial charge is 0.271 e. The standard InChI is InChI=1S/C6H9ClN2S/c7-6-3-5(4-10-6)1-2-9-8/h3-4,9H,1-2,8H2. The molecule has 10 heavy (non-hydrogen) atoms. The van der Waals surface area contributed by atoms with Crippen LogP contribution in [-0.2, 0) is 6.42 Å². The summed E-state index contributed by atoms with van der Waals surface area (Å²) in [5, 5.41) is 2.04. The molecule has 0 spiro atoms. The molecule has 0 unspecified atom stereocenters. The van der Waals surface area contributed by atoms with E-state index in [0.29, 0.717) is 0 Å². The molecule has 3 N–H and O–H groups in total. The summed E-state index contributed by atoms with van der Waals surface area (Å²) in [5.41, 5.74) is 3.83. The average Bonchev–Trinajstić information content (AvgIpc) is 2.31. The van der Waals surface area contributed by atoms with Gasteiger partial charge < -0.3 is 0 Å². The van der Waals surface area contributed by atoms with Crippen molar-refractivity contribution in [2.45, 2.75) is 6.42 Å². The van der Waals surface area contributed by atoms with Crippen LogP contribution in [-0.4, -0.2) is 6.54 Å². The first-order valence-corrected chi connectivity index (χ1v) is 4.25. The van der Waals surface area contributed by atoms with Gasteiger partial charge >= 0.3 is 0 Å². The molecular weight excluding hydrogens is 168 g/mol. The topological polar surface area (TPSA) is 38.0 Å². The van der Waals surface area contributed by atoms with Crippen molar-refractivity contribution in [1.29, 1.82) is 0 Å². The number of nitrogens with two attached hydrogens (primary N) is 1. The zero-order chi connectivity index (χ0) is 7.40. The third kappa shape index (κ3) is 2.27. The highest BCUT2D eigenvalue weighted by atomic mass is 35.5. The van der Waals surface area contributed by atoms with E-state index in [1.165, 1.54) is 5.56 Å². The van der Waals surface area contributed by atoms with E-state index in [2.05, 4.69) is 5.43 Å². The first-order chi connectivity index (χ1) is 4.83. The van der Waals surface area contributed by atoms with Crippen LogP contribution in [0.3, 0.4) is 0 Å². The molecule has 0 aromatic carbocycles. The molecule has 2 nitrogen and oxygen atoms in total. The van der Waals surface area contributed by atoms with Gasteiger partial charge in [0.1, 0.15) is 0 Å². The van der Waals surface area contributed by atoms with Crippen LogP contribution in [0.4, 0.5) is 0 Å². The Morgan fingerprint density at radius 1 is 1.70 bits per heavy atom. The Morgan fingerprint density at radius 2 is 2.50 bits per heavy atom. The number of thiophene rings is 1. The Kier molecular flexibility index (Phi) is 3.15. The monoisotopic (exact) mass is 176 g/mol. The predicted molar refractivity (Wildman–Crippen MR) is 45.2 cm³/mol. The predicted octanol–water partition coefficient (Wildman–Crippen LogP) is 1.41. The smallest absolute Gasteiger partial charge is 0.0931 e. The van der Waals surface area contributed by atoms with Crippen LogP contribution < -0.4 is 11.3 Å². The molecule has 4 heteroatoms. The van der Waals surface area contributed by atoms with Gasteiger partial charge in [0.25, 0.3) is 0 Å². The lowest BCUT2D eigenvalue weighted by atomic mass is 10.2. The second-order valence-electron chi connectivity index (χ2n) is 1.96. The van der Waals surface area contributed by atoms with Crippen LogP contribution in [0.1, 0.15) is 5.56 Å². The summed E-state index contributed by atoms with van der Waals surface area (Å²) in [4.78, 5) is 0. The molecular formula is C6H9ClN2S. The maximum atomic E-state index is 5.71. The van der Waals surface area contributed by atoms with Crippen molar-refractivity contribution < 1.29 is 0 Å². The molecule has 1 aromatic rings. The number of hydrogen-bond donors (Lipinski definition) is 2. The quantitative estimate of drug-likeness (QED) is 0.540. The first-order valence-electron chi connectivity index (χ1n) is 2.99. The van der Waals surface area contributed by atoms with Crippen molar-refractivity contribution in [3.05, 3.63) is 21.3 Å². The highest BCUT2D eigenvalue weighted by Gasteiger charge is 1.95. The Hall–Kier alpha value is -0.0900. The van der Waals surface area contributed by atoms with E-state index >= 15 is 0 Å². The fourth-order valence-corrected chi connectivity index (χ4v) is 1.64. The van der Waals surface area contributed by atoms with Gasteiger partial charge in [0.15, 0.2) is 0 Å². The average molecular weight is 177 g/mol. The van der Waals surface area contributed by atoms with E-state index in [-0.39, 0.29) is 0 Å². The van der Waals surface area contributed by atoms with Crippen molar-refractivity contribution in [3.8, 4) is 0 Å². The van der Waals surface area contributed by atoms with Gasteiger partial charge in [0.05, 0.1) is 4.34 Å². The van der Waals surface area contributed by atoms with Crippen molar-refractivity contribution in [3.63, 3.8) is 0 Å². The Balaban J connectivity index is 2.42. The lowest BCUT2D eigenvalue weighted by molar-refractivity contribution is 0.729. The van der Waals surface area contributed by atoms with Gasteiger partial charge in [-0.2, -0.15) is 0 Å². The molecule has 0 saturated carbocycles. The van der Waals surface area contributed by atoms with E-state index in [4.69, 9.17) is 17.4 Å². The number of rotatable bonds is 3. The molecule has 0 bridgehead atoms. The fraction of sp³-hybridized carbons (Fsp3) is 0.333. The Labute approximate surface area is 69.0 Å². The molecule has 0 radical (unpaired) electrons. The van der Waals surface area contributed by atoms with Gasteiger partial charge in [-0.15, -0.1) is 11.3 Å². The zero-order valence-electron chi connectivity index (χ0n) is 5.43. The summed E-state index contributed by atoms with van der Waals surface area (Å²) in [7, 11) is 0. The van der Waals surface area contributed by atoms with Gasteiger partial charge in [0.2, 0.25) is 0 Å². The molecule has 0 aliphatic carbocycles. The minimum Gasteiger partial charge on any atom is -0.271 e. The third-order valence-corrected chi connectivity index (χ3v) is 2.32. The summed E-state index contributed by atoms with van der Waals surface area (Å²) in [5.74, 6) is 5.10. The first kappa shape index (κ1) is 8.01. The van der Waals surface area contributed by atoms with Crippen LogP contribution in [0, 0.1) is 0 Å². The summed E-state index contributed by atoms with van der Waals surface area (Å²) >= 11 is 7.26. The van der Waals surface area contributed by atoms with Crippen molar-refractivity contribution in [2.24, 2.45) is 5.84 Å². The number of hydrazine groups is 1. The van der Waals surface area contributed by atoms with Gasteiger partial charge in [0, 0.05) is 6.54 Å². The Morgan fingerprint density at radius 3 is 3.00 bits per heavy atom. The molecule has 0 saturated heterocycles. The van der Waals surface area contributed by atoms with Crippen LogP contribution >= 0.6 is 22.9 Å². The maximum Gasteiger partial charge on any atom is 0.0931 e. The zero-order valence-corrected chi connectivity index (χ0v) is 7.00. The van der Waals surface area contributed by atoms with Gasteiger partial charge in [-0.25, -0.2) is 0 Å². The van der Waals surface area contributed by atoms with Crippen LogP contribution in [0.15, 0.2) is 11.4 Å². The summed E-state index contributed by atoms with van der Waals surface area (Å²) < 4.78 is 0.840. The Bertz CT molecular complexity index is 199. The normalized spacial score (nSPS) is 10.2. The molecule has 0 aliphatic heterocycles. The molecule has 0 aliphatic rings. The number of nitrogens with one attached hydrogen (secondary N) is 1. The molecule has 0 fully saturated rings. The number of halogens is 1. The molecule has 1 aromatic heterocycles. The van der Waals surface area contributed by atoms with Crippen molar-refractivity contribution in [2.75, 3.05) is 6.54 Å². The van der Waals surface area contributed by atoms with Crippen LogP contribution in [0.5, 0.6) is 0 Å². The molecule has 1 heterocycles. The molecule has 0 atom stereocenters. The van der Waals surface area contributed by atoms with E-state index in [9.17, 15) is 0 Å². The number of hydrogen-bond acceptors (Lipinski definition) is 3. The second kappa shape index (κ2) is 3.93. The van der Waals surface area contributed by atoms with Crippen molar-refractivity contribution in [1.82, 2.24) is 5.43 Å². The highest BCUT2D eigenvalue weighted by Crippen LogP contribution is 2.19. The third-order valence-electron chi connectivity index (χ3n) is 1.18. The van der Waals surface area contributed by atoms with Crippen LogP contribution in [0.25, 0.3) is 0 Å². The van der Waals surface area contributed by atoms with Crippen molar-refractivity contribution >= 4 is 22.9 Å². The molecule has 56 valence electrons. The minimum atomic E-state index is 0.799. The fourth-order valence-electron chi connectivity index (χ4n) is 0.693. The van der Waals surface area contributed by atoms with Gasteiger partial charge in [-0.3, -0.25) is 11.3 Å². The lowest BCUT2D eigenvalue weighted by Gasteiger charge is -1.93. The van der Waals surface area contributed by atoms with E-state index in [0.717, 1.165) is 17.3 Å². The summed E-state index contributed by atoms with van der Waals surface area (Å²) in [6.07, 6.45) is 0.944. The molecule has 0 amide bonds. The summed E-state index contributed by atoms with van der Waals surface area (Å²) in [6.45, 7) is 0.799. The van der Waals surface area contributed by atoms with Gasteiger partial charge in [-0.05, 0) is 23.4 Å². The second-order valence-corrected chi connectivity index (χ2v) is 3.51. The summed E-state index contributed by atoms with van der Waals surface area (Å²) in [6, 6.07) is 1.96. The van der Waals surface area contributed by atoms with E-state index in [1.54, 1.807) is 11.3 Å². The lowest BCUT2D eigenvalue weighted by Crippen LogP contribution is -2.24. The SMILES string of the molecule is NNCCc1csc(Cl)c1. The molecule has 1 rings (SSSR count). The van der Waals surface area contributed by atoms with Crippen LogP contribution in [0.2, 0.25) is 4.34 Å². The highest BCUT2D eigenvalue weighted by molar-refractivity contribution is 7.14. The van der Waals surface area contributed by atoms with E-state index < -0.39 is 0 Å².